The van der Waals surface area contributed by atoms with E-state index in [2.05, 4.69) is 10.0 Å². The number of alkyl halides is 3. The molecule has 5 aromatic carbocycles. The Bertz CT molecular complexity index is 2130. The second kappa shape index (κ2) is 13.7. The van der Waals surface area contributed by atoms with Crippen LogP contribution in [0.3, 0.4) is 0 Å². The van der Waals surface area contributed by atoms with Crippen molar-refractivity contribution in [2.24, 2.45) is 0 Å². The average Bonchev–Trinajstić information content (AvgIpc) is 3.09. The Morgan fingerprint density at radius 1 is 0.735 bits per heavy atom. The van der Waals surface area contributed by atoms with Crippen molar-refractivity contribution in [1.29, 1.82) is 0 Å². The molecule has 252 valence electrons. The van der Waals surface area contributed by atoms with Crippen molar-refractivity contribution >= 4 is 39.2 Å². The van der Waals surface area contributed by atoms with E-state index in [4.69, 9.17) is 16.3 Å². The summed E-state index contributed by atoms with van der Waals surface area (Å²) in [4.78, 5) is 27.2. The molecule has 0 aliphatic rings. The molecule has 0 aliphatic carbocycles. The van der Waals surface area contributed by atoms with Crippen LogP contribution >= 0.6 is 11.6 Å². The smallest absolute Gasteiger partial charge is 0.416 e. The predicted molar refractivity (Wildman–Crippen MR) is 178 cm³/mol. The Balaban J connectivity index is 1.55. The minimum atomic E-state index is -4.56. The van der Waals surface area contributed by atoms with Crippen LogP contribution in [0.1, 0.15) is 28.4 Å². The molecule has 13 heteroatoms. The lowest BCUT2D eigenvalue weighted by atomic mass is 9.89. The van der Waals surface area contributed by atoms with Gasteiger partial charge in [0.05, 0.1) is 33.8 Å². The van der Waals surface area contributed by atoms with Crippen molar-refractivity contribution < 1.29 is 40.3 Å². The van der Waals surface area contributed by atoms with E-state index >= 15 is 0 Å². The number of halogens is 5. The third-order valence-electron chi connectivity index (χ3n) is 7.78. The molecule has 0 fully saturated rings. The van der Waals surface area contributed by atoms with Crippen molar-refractivity contribution in [3.8, 4) is 22.3 Å². The van der Waals surface area contributed by atoms with Crippen molar-refractivity contribution in [3.05, 3.63) is 143 Å². The highest BCUT2D eigenvalue weighted by Gasteiger charge is 2.39. The molecule has 2 N–H and O–H groups in total. The van der Waals surface area contributed by atoms with Crippen LogP contribution in [-0.2, 0) is 31.3 Å². The first-order chi connectivity index (χ1) is 23.1. The number of sulfonamides is 1. The quantitative estimate of drug-likeness (QED) is 0.118. The lowest BCUT2D eigenvalue weighted by Gasteiger charge is -2.29. The van der Waals surface area contributed by atoms with Crippen LogP contribution in [-0.4, -0.2) is 27.4 Å². The number of anilines is 1. The Hall–Kier alpha value is -5.20. The van der Waals surface area contributed by atoms with Crippen LogP contribution in [0.25, 0.3) is 22.3 Å². The molecule has 1 atom stereocenters. The number of benzene rings is 5. The molecule has 0 aromatic heterocycles. The summed E-state index contributed by atoms with van der Waals surface area (Å²) in [5.74, 6) is -2.35. The number of nitrogens with one attached hydrogen (secondary N) is 2. The molecule has 1 amide bonds. The Morgan fingerprint density at radius 2 is 1.27 bits per heavy atom. The number of esters is 1. The van der Waals surface area contributed by atoms with E-state index in [-0.39, 0.29) is 26.7 Å². The fourth-order valence-corrected chi connectivity index (χ4v) is 6.35. The van der Waals surface area contributed by atoms with Crippen LogP contribution < -0.4 is 10.0 Å². The van der Waals surface area contributed by atoms with Crippen molar-refractivity contribution in [2.75, 3.05) is 11.8 Å². The molecule has 7 nitrogen and oxygen atoms in total. The fourth-order valence-electron chi connectivity index (χ4n) is 5.07. The molecule has 0 heterocycles. The molecule has 5 rings (SSSR count). The summed E-state index contributed by atoms with van der Waals surface area (Å²) < 4.78 is 87.3. The first-order valence-electron chi connectivity index (χ1n) is 14.5. The molecule has 49 heavy (non-hydrogen) atoms. The number of methoxy groups -OCH3 is 1. The number of rotatable bonds is 9. The van der Waals surface area contributed by atoms with E-state index in [9.17, 15) is 35.6 Å². The molecule has 0 unspecified atom stereocenters. The zero-order valence-corrected chi connectivity index (χ0v) is 27.4. The van der Waals surface area contributed by atoms with Gasteiger partial charge in [-0.3, -0.25) is 9.52 Å². The predicted octanol–water partition coefficient (Wildman–Crippen LogP) is 8.45. The number of hydrogen-bond acceptors (Lipinski definition) is 5. The minimum Gasteiger partial charge on any atom is -0.467 e. The fraction of sp³-hybridized carbons (Fsp3) is 0.111. The number of carbonyl (C=O) groups excluding carboxylic acids is 2. The van der Waals surface area contributed by atoms with Crippen LogP contribution in [0.15, 0.2) is 120 Å². The third-order valence-corrected chi connectivity index (χ3v) is 9.45. The minimum absolute atomic E-state index is 0.0783. The highest BCUT2D eigenvalue weighted by atomic mass is 35.5. The van der Waals surface area contributed by atoms with Gasteiger partial charge in [0.2, 0.25) is 0 Å². The first kappa shape index (κ1) is 35.1. The third kappa shape index (κ3) is 7.60. The number of hydrogen-bond donors (Lipinski definition) is 2. The van der Waals surface area contributed by atoms with E-state index < -0.39 is 45.0 Å². The maximum Gasteiger partial charge on any atom is 0.416 e. The second-order valence-electron chi connectivity index (χ2n) is 11.0. The lowest BCUT2D eigenvalue weighted by molar-refractivity contribution is -0.148. The van der Waals surface area contributed by atoms with Gasteiger partial charge in [0.1, 0.15) is 5.82 Å². The summed E-state index contributed by atoms with van der Waals surface area (Å²) in [6.45, 7) is 1.40. The van der Waals surface area contributed by atoms with E-state index in [1.54, 1.807) is 30.3 Å². The monoisotopic (exact) mass is 710 g/mol. The standard InChI is InChI=1S/C36H27ClF4N2O5S/c1-35(34(45)48-2,26-14-8-23(9-15-26)25-12-18-31(38)30(37)21-25)42-33(44)29-20-24(22-10-16-27(17-11-22)36(39,40)41)13-19-32(29)43-49(46,47)28-6-4-3-5-7-28/h3-21,43H,1-2H3,(H,42,44)/t35-/m1/s1. The van der Waals surface area contributed by atoms with E-state index in [0.717, 1.165) is 19.2 Å². The van der Waals surface area contributed by atoms with Crippen LogP contribution in [0.2, 0.25) is 5.02 Å². The molecule has 0 saturated heterocycles. The number of ether oxygens (including phenoxy) is 1. The van der Waals surface area contributed by atoms with Gasteiger partial charge in [0.25, 0.3) is 15.9 Å². The Labute approximate surface area is 284 Å². The number of carbonyl (C=O) groups is 2. The van der Waals surface area contributed by atoms with E-state index in [1.165, 1.54) is 79.7 Å². The maximum atomic E-state index is 14.1. The maximum absolute atomic E-state index is 14.1. The summed E-state index contributed by atoms with van der Waals surface area (Å²) in [7, 11) is -3.07. The summed E-state index contributed by atoms with van der Waals surface area (Å²) in [5, 5.41) is 2.58. The zero-order valence-electron chi connectivity index (χ0n) is 25.8. The molecule has 0 bridgehead atoms. The van der Waals surface area contributed by atoms with E-state index in [0.29, 0.717) is 22.3 Å². The molecule has 0 spiro atoms. The van der Waals surface area contributed by atoms with Gasteiger partial charge in [-0.1, -0.05) is 78.3 Å². The van der Waals surface area contributed by atoms with Gasteiger partial charge in [-0.25, -0.2) is 17.6 Å². The van der Waals surface area contributed by atoms with Gasteiger partial charge < -0.3 is 10.1 Å². The Kier molecular flexibility index (Phi) is 9.84. The topological polar surface area (TPSA) is 102 Å². The molecular formula is C36H27ClF4N2O5S. The highest BCUT2D eigenvalue weighted by Crippen LogP contribution is 2.34. The van der Waals surface area contributed by atoms with Gasteiger partial charge >= 0.3 is 12.1 Å². The van der Waals surface area contributed by atoms with Gasteiger partial charge in [0.15, 0.2) is 5.54 Å². The molecule has 0 saturated carbocycles. The lowest BCUT2D eigenvalue weighted by Crippen LogP contribution is -2.50. The highest BCUT2D eigenvalue weighted by molar-refractivity contribution is 7.92. The van der Waals surface area contributed by atoms with Crippen molar-refractivity contribution in [1.82, 2.24) is 5.32 Å². The normalized spacial score (nSPS) is 12.9. The average molecular weight is 711 g/mol. The van der Waals surface area contributed by atoms with Crippen LogP contribution in [0.4, 0.5) is 23.2 Å². The first-order valence-corrected chi connectivity index (χ1v) is 16.3. The summed E-state index contributed by atoms with van der Waals surface area (Å²) in [6, 6.07) is 26.2. The van der Waals surface area contributed by atoms with Gasteiger partial charge in [-0.15, -0.1) is 0 Å². The van der Waals surface area contributed by atoms with E-state index in [1.807, 2.05) is 0 Å². The van der Waals surface area contributed by atoms with Gasteiger partial charge in [0, 0.05) is 0 Å². The second-order valence-corrected chi connectivity index (χ2v) is 13.1. The van der Waals surface area contributed by atoms with Crippen molar-refractivity contribution in [3.63, 3.8) is 0 Å². The summed E-state index contributed by atoms with van der Waals surface area (Å²) >= 11 is 5.93. The number of amides is 1. The van der Waals surface area contributed by atoms with Gasteiger partial charge in [-0.2, -0.15) is 13.2 Å². The molecule has 0 aliphatic heterocycles. The Morgan fingerprint density at radius 3 is 1.82 bits per heavy atom. The largest absolute Gasteiger partial charge is 0.467 e. The molecular weight excluding hydrogens is 684 g/mol. The molecule has 5 aromatic rings. The molecule has 0 radical (unpaired) electrons. The zero-order chi connectivity index (χ0) is 35.6. The summed E-state index contributed by atoms with van der Waals surface area (Å²) in [5.41, 5.74) is -0.958. The van der Waals surface area contributed by atoms with Gasteiger partial charge in [-0.05, 0) is 83.3 Å². The van der Waals surface area contributed by atoms with Crippen molar-refractivity contribution in [2.45, 2.75) is 23.5 Å². The summed E-state index contributed by atoms with van der Waals surface area (Å²) in [6.07, 6.45) is -4.56. The van der Waals surface area contributed by atoms with Crippen LogP contribution in [0, 0.1) is 5.82 Å². The van der Waals surface area contributed by atoms with Crippen LogP contribution in [0.5, 0.6) is 0 Å². The SMILES string of the molecule is COC(=O)[C@](C)(NC(=O)c1cc(-c2ccc(C(F)(F)F)cc2)ccc1NS(=O)(=O)c1ccccc1)c1ccc(-c2ccc(F)c(Cl)c2)cc1.